The summed E-state index contributed by atoms with van der Waals surface area (Å²) in [5.74, 6) is -2.94. The summed E-state index contributed by atoms with van der Waals surface area (Å²) in [6.07, 6.45) is 0. The first-order valence-electron chi connectivity index (χ1n) is 6.87. The fourth-order valence-electron chi connectivity index (χ4n) is 2.62. The molecule has 0 radical (unpaired) electrons. The van der Waals surface area contributed by atoms with E-state index < -0.39 is 22.8 Å². The number of benzene rings is 3. The summed E-state index contributed by atoms with van der Waals surface area (Å²) in [7, 11) is 0. The number of ether oxygens (including phenoxy) is 2. The van der Waals surface area contributed by atoms with E-state index in [4.69, 9.17) is 20.0 Å². The van der Waals surface area contributed by atoms with Crippen LogP contribution in [-0.4, -0.2) is 0 Å². The third-order valence-electron chi connectivity index (χ3n) is 3.75. The standard InChI is InChI=1S/C18H6F2N2O2/c19-15-11(7-21)17-18(12(8-22)16(15)20)24-14-6-10-4-2-1-3-9(10)5-13(14)23-17/h1-6H. The Bertz CT molecular complexity index is 1020. The van der Waals surface area contributed by atoms with E-state index in [1.165, 1.54) is 0 Å². The number of fused-ring (bicyclic) bond motifs is 3. The summed E-state index contributed by atoms with van der Waals surface area (Å²) >= 11 is 0. The van der Waals surface area contributed by atoms with Gasteiger partial charge >= 0.3 is 0 Å². The highest BCUT2D eigenvalue weighted by Crippen LogP contribution is 2.50. The summed E-state index contributed by atoms with van der Waals surface area (Å²) in [4.78, 5) is 0. The first-order chi connectivity index (χ1) is 11.6. The zero-order valence-electron chi connectivity index (χ0n) is 11.9. The van der Waals surface area contributed by atoms with Crippen LogP contribution in [0, 0.1) is 34.3 Å². The highest BCUT2D eigenvalue weighted by atomic mass is 19.2. The van der Waals surface area contributed by atoms with Gasteiger partial charge in [0, 0.05) is 0 Å². The predicted molar refractivity (Wildman–Crippen MR) is 79.9 cm³/mol. The van der Waals surface area contributed by atoms with Crippen molar-refractivity contribution < 1.29 is 18.3 Å². The molecule has 0 N–H and O–H groups in total. The Morgan fingerprint density at radius 1 is 0.750 bits per heavy atom. The van der Waals surface area contributed by atoms with Crippen LogP contribution in [0.3, 0.4) is 0 Å². The molecule has 3 aromatic rings. The third kappa shape index (κ3) is 1.81. The maximum absolute atomic E-state index is 14.0. The molecule has 1 aliphatic heterocycles. The minimum Gasteiger partial charge on any atom is -0.448 e. The van der Waals surface area contributed by atoms with Gasteiger partial charge in [0.25, 0.3) is 0 Å². The topological polar surface area (TPSA) is 66.0 Å². The summed E-state index contributed by atoms with van der Waals surface area (Å²) in [6, 6.07) is 13.8. The maximum atomic E-state index is 14.0. The molecule has 4 rings (SSSR count). The van der Waals surface area contributed by atoms with Gasteiger partial charge in [-0.3, -0.25) is 0 Å². The highest BCUT2D eigenvalue weighted by Gasteiger charge is 2.32. The molecule has 0 bridgehead atoms. The van der Waals surface area contributed by atoms with Crippen LogP contribution in [0.4, 0.5) is 8.78 Å². The summed E-state index contributed by atoms with van der Waals surface area (Å²) in [5, 5.41) is 19.9. The Morgan fingerprint density at radius 3 is 1.54 bits per heavy atom. The molecule has 0 saturated carbocycles. The molecule has 24 heavy (non-hydrogen) atoms. The molecule has 3 aromatic carbocycles. The van der Waals surface area contributed by atoms with Gasteiger partial charge < -0.3 is 9.47 Å². The largest absolute Gasteiger partial charge is 0.448 e. The summed E-state index contributed by atoms with van der Waals surface area (Å²) in [5.41, 5.74) is -1.28. The van der Waals surface area contributed by atoms with Crippen LogP contribution in [0.15, 0.2) is 36.4 Å². The minimum atomic E-state index is -1.43. The van der Waals surface area contributed by atoms with E-state index >= 15 is 0 Å². The second kappa shape index (κ2) is 4.94. The molecule has 0 unspecified atom stereocenters. The van der Waals surface area contributed by atoms with Gasteiger partial charge in [-0.25, -0.2) is 8.78 Å². The van der Waals surface area contributed by atoms with Gasteiger partial charge in [0.15, 0.2) is 34.6 Å². The Morgan fingerprint density at radius 2 is 1.17 bits per heavy atom. The van der Waals surface area contributed by atoms with Gasteiger partial charge in [-0.05, 0) is 22.9 Å². The van der Waals surface area contributed by atoms with Gasteiger partial charge in [0.1, 0.15) is 23.3 Å². The zero-order chi connectivity index (χ0) is 16.8. The average molecular weight is 320 g/mol. The molecule has 0 atom stereocenters. The van der Waals surface area contributed by atoms with E-state index in [0.717, 1.165) is 10.8 Å². The van der Waals surface area contributed by atoms with E-state index in [1.54, 1.807) is 24.3 Å². The number of rotatable bonds is 0. The lowest BCUT2D eigenvalue weighted by Gasteiger charge is -2.23. The lowest BCUT2D eigenvalue weighted by molar-refractivity contribution is 0.349. The van der Waals surface area contributed by atoms with Crippen LogP contribution in [-0.2, 0) is 0 Å². The Kier molecular flexibility index (Phi) is 2.88. The van der Waals surface area contributed by atoms with Crippen molar-refractivity contribution in [3.05, 3.63) is 59.2 Å². The van der Waals surface area contributed by atoms with Crippen molar-refractivity contribution in [1.82, 2.24) is 0 Å². The van der Waals surface area contributed by atoms with E-state index in [1.807, 2.05) is 24.3 Å². The van der Waals surface area contributed by atoms with Crippen molar-refractivity contribution in [2.45, 2.75) is 0 Å². The van der Waals surface area contributed by atoms with Crippen LogP contribution < -0.4 is 9.47 Å². The maximum Gasteiger partial charge on any atom is 0.192 e. The van der Waals surface area contributed by atoms with Crippen LogP contribution in [0.1, 0.15) is 11.1 Å². The summed E-state index contributed by atoms with van der Waals surface area (Å²) in [6.45, 7) is 0. The molecule has 0 aliphatic carbocycles. The smallest absolute Gasteiger partial charge is 0.192 e. The second-order valence-electron chi connectivity index (χ2n) is 5.11. The molecule has 114 valence electrons. The number of hydrogen-bond acceptors (Lipinski definition) is 4. The van der Waals surface area contributed by atoms with Crippen molar-refractivity contribution in [2.24, 2.45) is 0 Å². The number of hydrogen-bond donors (Lipinski definition) is 0. The first kappa shape index (κ1) is 14.0. The lowest BCUT2D eigenvalue weighted by atomic mass is 10.1. The fourth-order valence-corrected chi connectivity index (χ4v) is 2.62. The second-order valence-corrected chi connectivity index (χ2v) is 5.11. The molecule has 0 saturated heterocycles. The quantitative estimate of drug-likeness (QED) is 0.468. The van der Waals surface area contributed by atoms with Crippen molar-refractivity contribution in [2.75, 3.05) is 0 Å². The Labute approximate surface area is 134 Å². The van der Waals surface area contributed by atoms with Crippen molar-refractivity contribution in [1.29, 1.82) is 10.5 Å². The Hall–Kier alpha value is -3.64. The lowest BCUT2D eigenvalue weighted by Crippen LogP contribution is -2.07. The first-order valence-corrected chi connectivity index (χ1v) is 6.87. The van der Waals surface area contributed by atoms with Crippen LogP contribution in [0.2, 0.25) is 0 Å². The van der Waals surface area contributed by atoms with Crippen molar-refractivity contribution >= 4 is 10.8 Å². The molecule has 0 spiro atoms. The minimum absolute atomic E-state index is 0.257. The molecular weight excluding hydrogens is 314 g/mol. The third-order valence-corrected chi connectivity index (χ3v) is 3.75. The SMILES string of the molecule is N#Cc1c(F)c(F)c(C#N)c2c1Oc1cc3ccccc3cc1O2. The molecule has 4 nitrogen and oxygen atoms in total. The van der Waals surface area contributed by atoms with Crippen LogP contribution in [0.5, 0.6) is 23.0 Å². The summed E-state index contributed by atoms with van der Waals surface area (Å²) < 4.78 is 39.1. The van der Waals surface area contributed by atoms with Gasteiger partial charge in [-0.1, -0.05) is 24.3 Å². The van der Waals surface area contributed by atoms with E-state index in [0.29, 0.717) is 0 Å². The van der Waals surface area contributed by atoms with Crippen LogP contribution in [0.25, 0.3) is 10.8 Å². The fraction of sp³-hybridized carbons (Fsp3) is 0. The molecule has 0 amide bonds. The molecule has 6 heteroatoms. The van der Waals surface area contributed by atoms with E-state index in [2.05, 4.69) is 0 Å². The van der Waals surface area contributed by atoms with Gasteiger partial charge in [-0.2, -0.15) is 10.5 Å². The zero-order valence-corrected chi connectivity index (χ0v) is 11.9. The predicted octanol–water partition coefficient (Wildman–Crippen LogP) is 4.76. The highest BCUT2D eigenvalue weighted by molar-refractivity contribution is 5.87. The molecule has 1 aliphatic rings. The van der Waals surface area contributed by atoms with Gasteiger partial charge in [0.2, 0.25) is 0 Å². The normalized spacial score (nSPS) is 11.5. The Balaban J connectivity index is 2.00. The van der Waals surface area contributed by atoms with E-state index in [-0.39, 0.29) is 23.0 Å². The van der Waals surface area contributed by atoms with E-state index in [9.17, 15) is 8.78 Å². The molecular formula is C18H6F2N2O2. The van der Waals surface area contributed by atoms with Crippen molar-refractivity contribution in [3.8, 4) is 35.1 Å². The van der Waals surface area contributed by atoms with Gasteiger partial charge in [-0.15, -0.1) is 0 Å². The molecule has 0 fully saturated rings. The number of nitrogens with zero attached hydrogens (tertiary/aromatic N) is 2. The average Bonchev–Trinajstić information content (AvgIpc) is 2.60. The number of halogens is 2. The molecule has 1 heterocycles. The molecule has 0 aromatic heterocycles. The van der Waals surface area contributed by atoms with Crippen molar-refractivity contribution in [3.63, 3.8) is 0 Å². The van der Waals surface area contributed by atoms with Crippen LogP contribution >= 0.6 is 0 Å². The van der Waals surface area contributed by atoms with Gasteiger partial charge in [0.05, 0.1) is 0 Å². The monoisotopic (exact) mass is 320 g/mol. The number of nitriles is 2.